The molecule has 0 bridgehead atoms. The number of hydrogen-bond acceptors (Lipinski definition) is 3. The number of esters is 1. The van der Waals surface area contributed by atoms with Crippen LogP contribution in [0.1, 0.15) is 5.56 Å². The van der Waals surface area contributed by atoms with Gasteiger partial charge in [-0.2, -0.15) is 13.2 Å². The predicted octanol–water partition coefficient (Wildman–Crippen LogP) is 3.11. The number of hydrogen-bond donors (Lipinski definition) is 0. The van der Waals surface area contributed by atoms with Crippen molar-refractivity contribution in [3.05, 3.63) is 29.8 Å². The van der Waals surface area contributed by atoms with Gasteiger partial charge in [0.25, 0.3) is 0 Å². The van der Waals surface area contributed by atoms with Crippen LogP contribution in [0.4, 0.5) is 13.2 Å². The molecule has 0 spiro atoms. The molecule has 0 fully saturated rings. The topological polar surface area (TPSA) is 35.5 Å². The Morgan fingerprint density at radius 2 is 1.89 bits per heavy atom. The van der Waals surface area contributed by atoms with E-state index in [9.17, 15) is 18.0 Å². The molecule has 0 aliphatic heterocycles. The van der Waals surface area contributed by atoms with Gasteiger partial charge in [-0.25, -0.2) is 0 Å². The third-order valence-electron chi connectivity index (χ3n) is 2.20. The van der Waals surface area contributed by atoms with Gasteiger partial charge < -0.3 is 9.47 Å². The molecular formula is C12H12BrF3O3. The Balaban J connectivity index is 2.54. The minimum absolute atomic E-state index is 0.130. The summed E-state index contributed by atoms with van der Waals surface area (Å²) >= 11 is 3.16. The number of alkyl halides is 4. The number of benzene rings is 1. The summed E-state index contributed by atoms with van der Waals surface area (Å²) in [5.41, 5.74) is 0.784. The number of halogens is 4. The molecule has 1 aromatic rings. The van der Waals surface area contributed by atoms with Crippen molar-refractivity contribution in [1.82, 2.24) is 0 Å². The SMILES string of the molecule is COC(=O)C(Br)Cc1ccc(OCC(F)(F)F)cc1. The first-order valence-electron chi connectivity index (χ1n) is 5.32. The molecule has 0 aromatic heterocycles. The van der Waals surface area contributed by atoms with Gasteiger partial charge in [-0.15, -0.1) is 0 Å². The van der Waals surface area contributed by atoms with Gasteiger partial charge in [-0.1, -0.05) is 28.1 Å². The average molecular weight is 341 g/mol. The van der Waals surface area contributed by atoms with Crippen LogP contribution < -0.4 is 4.74 Å². The molecule has 1 rings (SSSR count). The molecule has 0 aliphatic rings. The Hall–Kier alpha value is -1.24. The fourth-order valence-electron chi connectivity index (χ4n) is 1.31. The number of rotatable bonds is 5. The van der Waals surface area contributed by atoms with Crippen LogP contribution in [0.2, 0.25) is 0 Å². The fraction of sp³-hybridized carbons (Fsp3) is 0.417. The molecule has 7 heteroatoms. The second-order valence-corrected chi connectivity index (χ2v) is 4.85. The third-order valence-corrected chi connectivity index (χ3v) is 2.90. The van der Waals surface area contributed by atoms with Gasteiger partial charge in [-0.05, 0) is 24.1 Å². The molecule has 1 atom stereocenters. The van der Waals surface area contributed by atoms with Gasteiger partial charge >= 0.3 is 12.1 Å². The van der Waals surface area contributed by atoms with Gasteiger partial charge in [0.2, 0.25) is 0 Å². The largest absolute Gasteiger partial charge is 0.484 e. The molecule has 1 aromatic carbocycles. The molecule has 0 saturated heterocycles. The number of methoxy groups -OCH3 is 1. The van der Waals surface area contributed by atoms with Gasteiger partial charge in [0, 0.05) is 0 Å². The smallest absolute Gasteiger partial charge is 0.422 e. The summed E-state index contributed by atoms with van der Waals surface area (Å²) < 4.78 is 44.9. The van der Waals surface area contributed by atoms with E-state index < -0.39 is 23.6 Å². The maximum atomic E-state index is 11.9. The second-order valence-electron chi connectivity index (χ2n) is 3.74. The summed E-state index contributed by atoms with van der Waals surface area (Å²) in [4.78, 5) is 10.7. The van der Waals surface area contributed by atoms with Gasteiger partial charge in [0.15, 0.2) is 6.61 Å². The number of carbonyl (C=O) groups excluding carboxylic acids is 1. The fourth-order valence-corrected chi connectivity index (χ4v) is 1.87. The van der Waals surface area contributed by atoms with Gasteiger partial charge in [0.05, 0.1) is 7.11 Å². The van der Waals surface area contributed by atoms with E-state index in [2.05, 4.69) is 25.4 Å². The Bertz CT molecular complexity index is 417. The number of carbonyl (C=O) groups is 1. The zero-order chi connectivity index (χ0) is 14.5. The van der Waals surface area contributed by atoms with E-state index in [0.29, 0.717) is 6.42 Å². The van der Waals surface area contributed by atoms with Crippen molar-refractivity contribution >= 4 is 21.9 Å². The lowest BCUT2D eigenvalue weighted by Gasteiger charge is -2.10. The molecule has 0 N–H and O–H groups in total. The van der Waals surface area contributed by atoms with E-state index in [1.165, 1.54) is 19.2 Å². The van der Waals surface area contributed by atoms with Crippen LogP contribution in [0.15, 0.2) is 24.3 Å². The minimum Gasteiger partial charge on any atom is -0.484 e. The lowest BCUT2D eigenvalue weighted by molar-refractivity contribution is -0.153. The maximum absolute atomic E-state index is 11.9. The summed E-state index contributed by atoms with van der Waals surface area (Å²) in [6.45, 7) is -1.32. The van der Waals surface area contributed by atoms with E-state index in [1.807, 2.05) is 0 Å². The molecule has 0 heterocycles. The van der Waals surface area contributed by atoms with Crippen LogP contribution >= 0.6 is 15.9 Å². The monoisotopic (exact) mass is 340 g/mol. The molecule has 0 saturated carbocycles. The lowest BCUT2D eigenvalue weighted by atomic mass is 10.1. The highest BCUT2D eigenvalue weighted by Gasteiger charge is 2.28. The predicted molar refractivity (Wildman–Crippen MR) is 66.4 cm³/mol. The quantitative estimate of drug-likeness (QED) is 0.610. The second kappa shape index (κ2) is 6.79. The van der Waals surface area contributed by atoms with Crippen molar-refractivity contribution in [1.29, 1.82) is 0 Å². The first-order valence-corrected chi connectivity index (χ1v) is 6.24. The van der Waals surface area contributed by atoms with Crippen LogP contribution in [0.3, 0.4) is 0 Å². The average Bonchev–Trinajstić information content (AvgIpc) is 2.36. The Labute approximate surface area is 116 Å². The van der Waals surface area contributed by atoms with E-state index >= 15 is 0 Å². The summed E-state index contributed by atoms with van der Waals surface area (Å²) in [5.74, 6) is -0.275. The highest BCUT2D eigenvalue weighted by atomic mass is 79.9. The van der Waals surface area contributed by atoms with Crippen molar-refractivity contribution in [2.24, 2.45) is 0 Å². The van der Waals surface area contributed by atoms with E-state index in [4.69, 9.17) is 0 Å². The summed E-state index contributed by atoms with van der Waals surface area (Å²) in [6, 6.07) is 6.06. The summed E-state index contributed by atoms with van der Waals surface area (Å²) in [5, 5.41) is 0. The molecule has 0 radical (unpaired) electrons. The third kappa shape index (κ3) is 5.96. The van der Waals surface area contributed by atoms with E-state index in [0.717, 1.165) is 5.56 Å². The van der Waals surface area contributed by atoms with Crippen molar-refractivity contribution in [2.45, 2.75) is 17.4 Å². The van der Waals surface area contributed by atoms with Crippen molar-refractivity contribution in [3.8, 4) is 5.75 Å². The zero-order valence-corrected chi connectivity index (χ0v) is 11.6. The Morgan fingerprint density at radius 1 is 1.32 bits per heavy atom. The van der Waals surface area contributed by atoms with Crippen LogP contribution in [0.5, 0.6) is 5.75 Å². The van der Waals surface area contributed by atoms with E-state index in [-0.39, 0.29) is 5.75 Å². The Kier molecular flexibility index (Phi) is 5.65. The molecular weight excluding hydrogens is 329 g/mol. The molecule has 0 aliphatic carbocycles. The van der Waals surface area contributed by atoms with Crippen molar-refractivity contribution < 1.29 is 27.4 Å². The normalized spacial score (nSPS) is 12.9. The van der Waals surface area contributed by atoms with Crippen LogP contribution in [-0.2, 0) is 16.0 Å². The summed E-state index contributed by atoms with van der Waals surface area (Å²) in [7, 11) is 1.28. The summed E-state index contributed by atoms with van der Waals surface area (Å²) in [6.07, 6.45) is -3.98. The minimum atomic E-state index is -4.36. The maximum Gasteiger partial charge on any atom is 0.422 e. The zero-order valence-electron chi connectivity index (χ0n) is 10.0. The van der Waals surface area contributed by atoms with E-state index in [1.54, 1.807) is 12.1 Å². The first-order chi connectivity index (χ1) is 8.81. The van der Waals surface area contributed by atoms with Crippen molar-refractivity contribution in [3.63, 3.8) is 0 Å². The molecule has 1 unspecified atom stereocenters. The van der Waals surface area contributed by atoms with Crippen LogP contribution in [0, 0.1) is 0 Å². The van der Waals surface area contributed by atoms with Crippen molar-refractivity contribution in [2.75, 3.05) is 13.7 Å². The molecule has 19 heavy (non-hydrogen) atoms. The van der Waals surface area contributed by atoms with Gasteiger partial charge in [0.1, 0.15) is 10.6 Å². The highest BCUT2D eigenvalue weighted by molar-refractivity contribution is 9.10. The lowest BCUT2D eigenvalue weighted by Crippen LogP contribution is -2.19. The standard InChI is InChI=1S/C12H12BrF3O3/c1-18-11(17)10(13)6-8-2-4-9(5-3-8)19-7-12(14,15)16/h2-5,10H,6-7H2,1H3. The van der Waals surface area contributed by atoms with Crippen LogP contribution in [-0.4, -0.2) is 30.7 Å². The molecule has 106 valence electrons. The Morgan fingerprint density at radius 3 is 2.37 bits per heavy atom. The molecule has 3 nitrogen and oxygen atoms in total. The molecule has 0 amide bonds. The number of ether oxygens (including phenoxy) is 2. The highest BCUT2D eigenvalue weighted by Crippen LogP contribution is 2.20. The van der Waals surface area contributed by atoms with Gasteiger partial charge in [-0.3, -0.25) is 4.79 Å². The van der Waals surface area contributed by atoms with Crippen LogP contribution in [0.25, 0.3) is 0 Å². The first kappa shape index (κ1) is 15.8.